The van der Waals surface area contributed by atoms with Gasteiger partial charge in [-0.3, -0.25) is 4.79 Å². The zero-order chi connectivity index (χ0) is 19.4. The Morgan fingerprint density at radius 1 is 1.15 bits per heavy atom. The van der Waals surface area contributed by atoms with E-state index in [0.29, 0.717) is 34.9 Å². The molecule has 1 heterocycles. The molecule has 9 heteroatoms. The molecule has 0 fully saturated rings. The third-order valence-electron chi connectivity index (χ3n) is 4.06. The van der Waals surface area contributed by atoms with E-state index in [2.05, 4.69) is 10.0 Å². The highest BCUT2D eigenvalue weighted by atomic mass is 32.2. The number of ether oxygens (including phenoxy) is 2. The second-order valence-electron chi connectivity index (χ2n) is 5.81. The number of fused-ring (bicyclic) bond motifs is 1. The van der Waals surface area contributed by atoms with Crippen LogP contribution >= 0.6 is 11.8 Å². The molecule has 0 bridgehead atoms. The number of amides is 1. The first kappa shape index (κ1) is 19.5. The van der Waals surface area contributed by atoms with Crippen LogP contribution in [0.15, 0.2) is 46.2 Å². The summed E-state index contributed by atoms with van der Waals surface area (Å²) in [6, 6.07) is 9.91. The molecule has 2 aromatic rings. The molecule has 1 aliphatic rings. The molecule has 0 aliphatic carbocycles. The molecule has 27 heavy (non-hydrogen) atoms. The number of hydrogen-bond donors (Lipinski definition) is 2. The van der Waals surface area contributed by atoms with Gasteiger partial charge in [0, 0.05) is 29.2 Å². The molecule has 0 unspecified atom stereocenters. The fraction of sp³-hybridized carbons (Fsp3) is 0.278. The second kappa shape index (κ2) is 8.20. The van der Waals surface area contributed by atoms with Gasteiger partial charge in [-0.1, -0.05) is 0 Å². The molecule has 2 aromatic carbocycles. The lowest BCUT2D eigenvalue weighted by atomic mass is 10.2. The smallest absolute Gasteiger partial charge is 0.240 e. The predicted octanol–water partition coefficient (Wildman–Crippen LogP) is 2.62. The highest BCUT2D eigenvalue weighted by Crippen LogP contribution is 2.32. The van der Waals surface area contributed by atoms with Crippen LogP contribution in [-0.4, -0.2) is 34.3 Å². The normalized spacial score (nSPS) is 14.1. The maximum Gasteiger partial charge on any atom is 0.240 e. The Bertz CT molecular complexity index is 960. The minimum atomic E-state index is -3.77. The number of carbonyl (C=O) groups is 1. The van der Waals surface area contributed by atoms with Gasteiger partial charge in [-0.25, -0.2) is 13.1 Å². The summed E-state index contributed by atoms with van der Waals surface area (Å²) in [6.07, 6.45) is 0.398. The van der Waals surface area contributed by atoms with Crippen molar-refractivity contribution in [2.75, 3.05) is 25.3 Å². The standard InChI is InChI=1S/C18H20N2O5S2/c1-24-13-3-5-16(25-2)12(9-13)11-19-27(22,23)14-4-6-17-15(10-14)20-18(21)7-8-26-17/h3-6,9-10,19H,7-8,11H2,1-2H3,(H,20,21). The molecule has 7 nitrogen and oxygen atoms in total. The number of hydrogen-bond acceptors (Lipinski definition) is 6. The second-order valence-corrected chi connectivity index (χ2v) is 8.71. The molecule has 1 aliphatic heterocycles. The van der Waals surface area contributed by atoms with Crippen molar-refractivity contribution in [1.29, 1.82) is 0 Å². The molecular formula is C18H20N2O5S2. The first-order valence-corrected chi connectivity index (χ1v) is 10.7. The van der Waals surface area contributed by atoms with Crippen molar-refractivity contribution < 1.29 is 22.7 Å². The Morgan fingerprint density at radius 2 is 1.96 bits per heavy atom. The molecular weight excluding hydrogens is 388 g/mol. The van der Waals surface area contributed by atoms with E-state index in [9.17, 15) is 13.2 Å². The average molecular weight is 409 g/mol. The first-order valence-electron chi connectivity index (χ1n) is 8.20. The van der Waals surface area contributed by atoms with Crippen molar-refractivity contribution in [3.05, 3.63) is 42.0 Å². The van der Waals surface area contributed by atoms with Gasteiger partial charge in [-0.05, 0) is 36.4 Å². The molecule has 0 aromatic heterocycles. The Kier molecular flexibility index (Phi) is 5.93. The molecule has 0 saturated carbocycles. The van der Waals surface area contributed by atoms with Crippen LogP contribution in [0.25, 0.3) is 0 Å². The molecule has 0 spiro atoms. The summed E-state index contributed by atoms with van der Waals surface area (Å²) in [5, 5.41) is 2.75. The van der Waals surface area contributed by atoms with Gasteiger partial charge in [0.15, 0.2) is 0 Å². The highest BCUT2D eigenvalue weighted by Gasteiger charge is 2.20. The number of anilines is 1. The van der Waals surface area contributed by atoms with Crippen molar-refractivity contribution in [1.82, 2.24) is 4.72 Å². The van der Waals surface area contributed by atoms with Gasteiger partial charge < -0.3 is 14.8 Å². The van der Waals surface area contributed by atoms with Gasteiger partial charge in [0.1, 0.15) is 11.5 Å². The van der Waals surface area contributed by atoms with Crippen LogP contribution < -0.4 is 19.5 Å². The minimum Gasteiger partial charge on any atom is -0.497 e. The van der Waals surface area contributed by atoms with Crippen LogP contribution in [0.2, 0.25) is 0 Å². The summed E-state index contributed by atoms with van der Waals surface area (Å²) >= 11 is 1.52. The molecule has 1 amide bonds. The van der Waals surface area contributed by atoms with Crippen molar-refractivity contribution >= 4 is 33.4 Å². The largest absolute Gasteiger partial charge is 0.497 e. The van der Waals surface area contributed by atoms with Crippen LogP contribution in [0.1, 0.15) is 12.0 Å². The van der Waals surface area contributed by atoms with E-state index in [1.54, 1.807) is 24.3 Å². The zero-order valence-corrected chi connectivity index (χ0v) is 16.6. The zero-order valence-electron chi connectivity index (χ0n) is 14.9. The van der Waals surface area contributed by atoms with Crippen molar-refractivity contribution in [2.45, 2.75) is 22.8 Å². The Balaban J connectivity index is 1.83. The Hall–Kier alpha value is -2.23. The summed E-state index contributed by atoms with van der Waals surface area (Å²) in [7, 11) is -0.713. The lowest BCUT2D eigenvalue weighted by Gasteiger charge is -2.13. The third kappa shape index (κ3) is 4.55. The van der Waals surface area contributed by atoms with E-state index in [0.717, 1.165) is 4.90 Å². The fourth-order valence-corrected chi connectivity index (χ4v) is 4.61. The Labute approximate surface area is 162 Å². The van der Waals surface area contributed by atoms with Crippen LogP contribution in [0.4, 0.5) is 5.69 Å². The van der Waals surface area contributed by atoms with E-state index < -0.39 is 10.0 Å². The number of carbonyl (C=O) groups excluding carboxylic acids is 1. The maximum absolute atomic E-state index is 12.7. The first-order chi connectivity index (χ1) is 12.9. The van der Waals surface area contributed by atoms with Gasteiger partial charge in [0.05, 0.1) is 24.8 Å². The molecule has 3 rings (SSSR count). The van der Waals surface area contributed by atoms with Crippen molar-refractivity contribution in [3.63, 3.8) is 0 Å². The van der Waals surface area contributed by atoms with E-state index in [4.69, 9.17) is 9.47 Å². The number of thioether (sulfide) groups is 1. The summed E-state index contributed by atoms with van der Waals surface area (Å²) < 4.78 is 38.4. The number of rotatable bonds is 6. The molecule has 2 N–H and O–H groups in total. The summed E-state index contributed by atoms with van der Waals surface area (Å²) in [4.78, 5) is 12.7. The highest BCUT2D eigenvalue weighted by molar-refractivity contribution is 7.99. The summed E-state index contributed by atoms with van der Waals surface area (Å²) in [5.41, 5.74) is 1.17. The van der Waals surface area contributed by atoms with Gasteiger partial charge in [-0.2, -0.15) is 0 Å². The Morgan fingerprint density at radius 3 is 2.70 bits per heavy atom. The van der Waals surface area contributed by atoms with Crippen molar-refractivity contribution in [2.24, 2.45) is 0 Å². The van der Waals surface area contributed by atoms with Crippen LogP contribution in [-0.2, 0) is 21.4 Å². The van der Waals surface area contributed by atoms with Gasteiger partial charge in [0.25, 0.3) is 0 Å². The quantitative estimate of drug-likeness (QED) is 0.763. The monoisotopic (exact) mass is 408 g/mol. The van der Waals surface area contributed by atoms with Crippen LogP contribution in [0.3, 0.4) is 0 Å². The minimum absolute atomic E-state index is 0.0426. The molecule has 144 valence electrons. The summed E-state index contributed by atoms with van der Waals surface area (Å²) in [6.45, 7) is 0.0426. The van der Waals surface area contributed by atoms with E-state index in [-0.39, 0.29) is 17.3 Å². The average Bonchev–Trinajstić information content (AvgIpc) is 2.85. The summed E-state index contributed by atoms with van der Waals surface area (Å²) in [5.74, 6) is 1.71. The van der Waals surface area contributed by atoms with Crippen LogP contribution in [0.5, 0.6) is 11.5 Å². The lowest BCUT2D eigenvalue weighted by molar-refractivity contribution is -0.115. The SMILES string of the molecule is COc1ccc(OC)c(CNS(=O)(=O)c2ccc3c(c2)NC(=O)CCS3)c1. The lowest BCUT2D eigenvalue weighted by Crippen LogP contribution is -2.23. The number of benzene rings is 2. The van der Waals surface area contributed by atoms with Gasteiger partial charge in [-0.15, -0.1) is 11.8 Å². The maximum atomic E-state index is 12.7. The third-order valence-corrected chi connectivity index (χ3v) is 6.54. The number of sulfonamides is 1. The van der Waals surface area contributed by atoms with E-state index in [1.165, 1.54) is 38.1 Å². The van der Waals surface area contributed by atoms with Crippen molar-refractivity contribution in [3.8, 4) is 11.5 Å². The topological polar surface area (TPSA) is 93.7 Å². The van der Waals surface area contributed by atoms with E-state index >= 15 is 0 Å². The van der Waals surface area contributed by atoms with Gasteiger partial charge in [0.2, 0.25) is 15.9 Å². The van der Waals surface area contributed by atoms with Gasteiger partial charge >= 0.3 is 0 Å². The molecule has 0 atom stereocenters. The molecule has 0 radical (unpaired) electrons. The number of nitrogens with one attached hydrogen (secondary N) is 2. The molecule has 0 saturated heterocycles. The van der Waals surface area contributed by atoms with Crippen LogP contribution in [0, 0.1) is 0 Å². The van der Waals surface area contributed by atoms with E-state index in [1.807, 2.05) is 0 Å². The predicted molar refractivity (Wildman–Crippen MR) is 104 cm³/mol. The fourth-order valence-electron chi connectivity index (χ4n) is 2.64. The number of methoxy groups -OCH3 is 2.